The highest BCUT2D eigenvalue weighted by Crippen LogP contribution is 2.61. The highest BCUT2D eigenvalue weighted by molar-refractivity contribution is 5.77. The highest BCUT2D eigenvalue weighted by Gasteiger charge is 2.51. The van der Waals surface area contributed by atoms with Gasteiger partial charge in [-0.2, -0.15) is 0 Å². The van der Waals surface area contributed by atoms with Gasteiger partial charge in [-0.25, -0.2) is 4.98 Å². The van der Waals surface area contributed by atoms with Gasteiger partial charge in [-0.3, -0.25) is 9.59 Å². The molecule has 0 spiro atoms. The number of ether oxygens (including phenoxy) is 1. The molecular formula is C22H26N2O3. The number of H-pyrrole nitrogens is 1. The van der Waals surface area contributed by atoms with E-state index in [1.54, 1.807) is 19.1 Å². The molecule has 0 aliphatic heterocycles. The second kappa shape index (κ2) is 6.18. The number of hydrogen-bond acceptors (Lipinski definition) is 4. The van der Waals surface area contributed by atoms with E-state index in [9.17, 15) is 9.59 Å². The van der Waals surface area contributed by atoms with Gasteiger partial charge in [0, 0.05) is 0 Å². The van der Waals surface area contributed by atoms with Crippen LogP contribution in [0.3, 0.4) is 0 Å². The van der Waals surface area contributed by atoms with E-state index in [1.165, 1.54) is 38.5 Å². The van der Waals surface area contributed by atoms with Crippen LogP contribution < -0.4 is 5.56 Å². The lowest BCUT2D eigenvalue weighted by Crippen LogP contribution is -2.47. The molecule has 1 atom stereocenters. The Morgan fingerprint density at radius 1 is 1.19 bits per heavy atom. The first-order valence-electron chi connectivity index (χ1n) is 10.2. The Hall–Kier alpha value is -2.17. The zero-order valence-electron chi connectivity index (χ0n) is 15.7. The Morgan fingerprint density at radius 3 is 2.48 bits per heavy atom. The van der Waals surface area contributed by atoms with Crippen LogP contribution in [0.15, 0.2) is 29.1 Å². The Kier molecular flexibility index (Phi) is 3.88. The van der Waals surface area contributed by atoms with Crippen LogP contribution in [-0.2, 0) is 9.53 Å². The molecule has 1 heterocycles. The third kappa shape index (κ3) is 3.07. The minimum atomic E-state index is -0.552. The first-order chi connectivity index (χ1) is 13.0. The topological polar surface area (TPSA) is 72.0 Å². The average molecular weight is 366 g/mol. The molecule has 4 aliphatic rings. The number of fused-ring (bicyclic) bond motifs is 1. The van der Waals surface area contributed by atoms with Crippen molar-refractivity contribution >= 4 is 16.9 Å². The Morgan fingerprint density at radius 2 is 1.81 bits per heavy atom. The van der Waals surface area contributed by atoms with Crippen molar-refractivity contribution in [3.05, 3.63) is 40.4 Å². The van der Waals surface area contributed by atoms with E-state index in [2.05, 4.69) is 9.97 Å². The number of rotatable bonds is 4. The molecule has 4 saturated carbocycles. The summed E-state index contributed by atoms with van der Waals surface area (Å²) in [6.07, 6.45) is 7.63. The summed E-state index contributed by atoms with van der Waals surface area (Å²) in [5, 5.41) is 0.549. The van der Waals surface area contributed by atoms with Crippen molar-refractivity contribution in [2.75, 3.05) is 0 Å². The summed E-state index contributed by atoms with van der Waals surface area (Å²) >= 11 is 0. The molecule has 27 heavy (non-hydrogen) atoms. The van der Waals surface area contributed by atoms with Crippen LogP contribution >= 0.6 is 0 Å². The van der Waals surface area contributed by atoms with Crippen LogP contribution in [0.1, 0.15) is 63.8 Å². The number of carbonyl (C=O) groups is 1. The number of hydrogen-bond donors (Lipinski definition) is 1. The van der Waals surface area contributed by atoms with E-state index in [0.29, 0.717) is 23.1 Å². The molecule has 0 amide bonds. The van der Waals surface area contributed by atoms with Gasteiger partial charge in [0.2, 0.25) is 0 Å². The normalized spacial score (nSPS) is 32.6. The molecule has 4 aliphatic carbocycles. The summed E-state index contributed by atoms with van der Waals surface area (Å²) in [5.41, 5.74) is 0.593. The summed E-state index contributed by atoms with van der Waals surface area (Å²) in [4.78, 5) is 32.2. The predicted molar refractivity (Wildman–Crippen MR) is 102 cm³/mol. The Balaban J connectivity index is 1.30. The van der Waals surface area contributed by atoms with Gasteiger partial charge in [0.05, 0.1) is 17.3 Å². The molecule has 0 unspecified atom stereocenters. The Labute approximate surface area is 158 Å². The van der Waals surface area contributed by atoms with Crippen molar-refractivity contribution < 1.29 is 9.53 Å². The third-order valence-corrected chi connectivity index (χ3v) is 7.01. The van der Waals surface area contributed by atoms with E-state index in [0.717, 1.165) is 17.8 Å². The Bertz CT molecular complexity index is 913. The predicted octanol–water partition coefficient (Wildman–Crippen LogP) is 4.13. The molecule has 5 heteroatoms. The molecule has 4 fully saturated rings. The summed E-state index contributed by atoms with van der Waals surface area (Å²) in [5.74, 6) is 2.72. The van der Waals surface area contributed by atoms with Gasteiger partial charge in [0.1, 0.15) is 0 Å². The van der Waals surface area contributed by atoms with E-state index < -0.39 is 6.10 Å². The van der Waals surface area contributed by atoms with Crippen molar-refractivity contribution in [1.29, 1.82) is 0 Å². The first-order valence-corrected chi connectivity index (χ1v) is 10.2. The maximum absolute atomic E-state index is 12.7. The molecule has 1 N–H and O–H groups in total. The fourth-order valence-electron chi connectivity index (χ4n) is 6.40. The van der Waals surface area contributed by atoms with E-state index >= 15 is 0 Å². The standard InChI is InChI=1S/C22H26N2O3/c1-13(20-23-18-5-3-2-4-17(18)21(26)24-20)27-19(25)12-22-9-14-6-15(10-22)8-16(7-14)11-22/h2-5,13-16H,6-12H2,1H3,(H,23,24,26)/t13-,14?,15?,16?,22?/m1/s1. The maximum atomic E-state index is 12.7. The molecule has 6 rings (SSSR count). The van der Waals surface area contributed by atoms with Gasteiger partial charge in [0.25, 0.3) is 5.56 Å². The van der Waals surface area contributed by atoms with Gasteiger partial charge < -0.3 is 9.72 Å². The van der Waals surface area contributed by atoms with Crippen molar-refractivity contribution in [2.45, 2.75) is 58.0 Å². The summed E-state index contributed by atoms with van der Waals surface area (Å²) < 4.78 is 5.71. The average Bonchev–Trinajstić information content (AvgIpc) is 2.59. The first kappa shape index (κ1) is 17.0. The number of carbonyl (C=O) groups excluding carboxylic acids is 1. The fourth-order valence-corrected chi connectivity index (χ4v) is 6.40. The monoisotopic (exact) mass is 366 g/mol. The van der Waals surface area contributed by atoms with Crippen LogP contribution in [0.5, 0.6) is 0 Å². The molecule has 2 aromatic rings. The highest BCUT2D eigenvalue weighted by atomic mass is 16.5. The van der Waals surface area contributed by atoms with Crippen molar-refractivity contribution in [1.82, 2.24) is 9.97 Å². The maximum Gasteiger partial charge on any atom is 0.307 e. The number of benzene rings is 1. The van der Waals surface area contributed by atoms with Crippen LogP contribution in [0.25, 0.3) is 10.9 Å². The number of aromatic nitrogens is 2. The molecule has 1 aromatic carbocycles. The SMILES string of the molecule is C[C@@H](OC(=O)CC12CC3CC(CC(C3)C1)C2)c1nc2ccccc2c(=O)[nH]1. The van der Waals surface area contributed by atoms with Crippen LogP contribution in [0, 0.1) is 23.2 Å². The second-order valence-corrected chi connectivity index (χ2v) is 9.19. The quantitative estimate of drug-likeness (QED) is 0.826. The van der Waals surface area contributed by atoms with Gasteiger partial charge in [-0.05, 0) is 80.8 Å². The smallest absolute Gasteiger partial charge is 0.307 e. The molecular weight excluding hydrogens is 340 g/mol. The molecule has 142 valence electrons. The molecule has 0 radical (unpaired) electrons. The fraction of sp³-hybridized carbons (Fsp3) is 0.591. The van der Waals surface area contributed by atoms with Crippen LogP contribution in [-0.4, -0.2) is 15.9 Å². The number of esters is 1. The van der Waals surface area contributed by atoms with Crippen molar-refractivity contribution in [3.63, 3.8) is 0 Å². The molecule has 1 aromatic heterocycles. The number of para-hydroxylation sites is 1. The van der Waals surface area contributed by atoms with Gasteiger partial charge in [0.15, 0.2) is 11.9 Å². The largest absolute Gasteiger partial charge is 0.454 e. The second-order valence-electron chi connectivity index (χ2n) is 9.19. The summed E-state index contributed by atoms with van der Waals surface area (Å²) in [6.45, 7) is 1.78. The molecule has 0 saturated heterocycles. The van der Waals surface area contributed by atoms with Crippen LogP contribution in [0.4, 0.5) is 0 Å². The van der Waals surface area contributed by atoms with Crippen molar-refractivity contribution in [3.8, 4) is 0 Å². The van der Waals surface area contributed by atoms with Crippen molar-refractivity contribution in [2.24, 2.45) is 23.2 Å². The van der Waals surface area contributed by atoms with E-state index in [-0.39, 0.29) is 16.9 Å². The lowest BCUT2D eigenvalue weighted by molar-refractivity contribution is -0.157. The molecule has 5 nitrogen and oxygen atoms in total. The number of nitrogens with zero attached hydrogens (tertiary/aromatic N) is 1. The minimum absolute atomic E-state index is 0.153. The van der Waals surface area contributed by atoms with Gasteiger partial charge in [-0.1, -0.05) is 12.1 Å². The van der Waals surface area contributed by atoms with Crippen LogP contribution in [0.2, 0.25) is 0 Å². The lowest BCUT2D eigenvalue weighted by Gasteiger charge is -2.56. The third-order valence-electron chi connectivity index (χ3n) is 7.01. The van der Waals surface area contributed by atoms with E-state index in [1.807, 2.05) is 12.1 Å². The van der Waals surface area contributed by atoms with E-state index in [4.69, 9.17) is 4.74 Å². The van der Waals surface area contributed by atoms with Gasteiger partial charge >= 0.3 is 5.97 Å². The zero-order valence-corrected chi connectivity index (χ0v) is 15.7. The lowest BCUT2D eigenvalue weighted by atomic mass is 9.49. The summed E-state index contributed by atoms with van der Waals surface area (Å²) in [7, 11) is 0. The number of aromatic amines is 1. The minimum Gasteiger partial charge on any atom is -0.454 e. The van der Waals surface area contributed by atoms with Gasteiger partial charge in [-0.15, -0.1) is 0 Å². The molecule has 4 bridgehead atoms. The summed E-state index contributed by atoms with van der Waals surface area (Å²) in [6, 6.07) is 7.21. The zero-order chi connectivity index (χ0) is 18.6. The number of nitrogens with one attached hydrogen (secondary N) is 1.